The van der Waals surface area contributed by atoms with Gasteiger partial charge < -0.3 is 14.9 Å². The molecule has 2 rings (SSSR count). The molecule has 1 aromatic carbocycles. The fourth-order valence-electron chi connectivity index (χ4n) is 2.39. The summed E-state index contributed by atoms with van der Waals surface area (Å²) in [4.78, 5) is 29.3. The number of rotatable bonds is 3. The first-order chi connectivity index (χ1) is 10.7. The maximum Gasteiger partial charge on any atom is 0.407 e. The highest BCUT2D eigenvalue weighted by Gasteiger charge is 2.34. The third-order valence-corrected chi connectivity index (χ3v) is 3.50. The molecule has 0 aromatic heterocycles. The molecular formula is C17H24N2O4. The lowest BCUT2D eigenvalue weighted by atomic mass is 10.1. The van der Waals surface area contributed by atoms with Crippen LogP contribution in [0.25, 0.3) is 0 Å². The number of hydrogen-bond acceptors (Lipinski definition) is 5. The van der Waals surface area contributed by atoms with E-state index in [1.165, 1.54) is 0 Å². The third kappa shape index (κ3) is 5.25. The lowest BCUT2D eigenvalue weighted by Gasteiger charge is -2.22. The monoisotopic (exact) mass is 320 g/mol. The molecule has 0 saturated carbocycles. The lowest BCUT2D eigenvalue weighted by molar-refractivity contribution is -0.0956. The maximum absolute atomic E-state index is 12.0. The van der Waals surface area contributed by atoms with Gasteiger partial charge in [0.2, 0.25) is 0 Å². The Balaban J connectivity index is 1.86. The molecule has 0 bridgehead atoms. The number of amides is 1. The number of carbonyl (C=O) groups is 2. The number of alkyl carbamates (subject to hydrolysis) is 1. The van der Waals surface area contributed by atoms with Crippen molar-refractivity contribution in [3.05, 3.63) is 35.9 Å². The Hall–Kier alpha value is -2.08. The summed E-state index contributed by atoms with van der Waals surface area (Å²) >= 11 is 0. The summed E-state index contributed by atoms with van der Waals surface area (Å²) in [6.07, 6.45) is -0.453. The van der Waals surface area contributed by atoms with Gasteiger partial charge in [0.25, 0.3) is 0 Å². The molecule has 1 aromatic rings. The van der Waals surface area contributed by atoms with Gasteiger partial charge in [0, 0.05) is 6.54 Å². The van der Waals surface area contributed by atoms with Crippen molar-refractivity contribution in [2.24, 2.45) is 5.92 Å². The summed E-state index contributed by atoms with van der Waals surface area (Å²) in [7, 11) is 0. The first-order valence-corrected chi connectivity index (χ1v) is 7.76. The van der Waals surface area contributed by atoms with Crippen molar-refractivity contribution in [3.63, 3.8) is 0 Å². The number of nitrogens with one attached hydrogen (secondary N) is 1. The van der Waals surface area contributed by atoms with Crippen LogP contribution in [0.5, 0.6) is 0 Å². The molecule has 0 radical (unpaired) electrons. The second kappa shape index (κ2) is 7.00. The number of hydroxylamine groups is 2. The zero-order valence-electron chi connectivity index (χ0n) is 14.0. The molecule has 1 saturated heterocycles. The van der Waals surface area contributed by atoms with E-state index in [1.54, 1.807) is 29.3 Å². The fraction of sp³-hybridized carbons (Fsp3) is 0.529. The minimum atomic E-state index is -0.536. The van der Waals surface area contributed by atoms with Gasteiger partial charge in [-0.1, -0.05) is 25.1 Å². The first kappa shape index (κ1) is 17.3. The second-order valence-corrected chi connectivity index (χ2v) is 6.82. The van der Waals surface area contributed by atoms with Crippen LogP contribution >= 0.6 is 0 Å². The van der Waals surface area contributed by atoms with Gasteiger partial charge in [0.05, 0.1) is 18.2 Å². The van der Waals surface area contributed by atoms with Crippen molar-refractivity contribution in [2.45, 2.75) is 39.3 Å². The molecular weight excluding hydrogens is 296 g/mol. The number of nitrogens with zero attached hydrogens (tertiary/aromatic N) is 1. The van der Waals surface area contributed by atoms with Gasteiger partial charge in [-0.15, -0.1) is 5.06 Å². The van der Waals surface area contributed by atoms with Crippen molar-refractivity contribution in [2.75, 3.05) is 13.1 Å². The molecule has 0 spiro atoms. The first-order valence-electron chi connectivity index (χ1n) is 7.76. The topological polar surface area (TPSA) is 67.9 Å². The third-order valence-electron chi connectivity index (χ3n) is 3.50. The van der Waals surface area contributed by atoms with Crippen molar-refractivity contribution in [1.29, 1.82) is 0 Å². The maximum atomic E-state index is 12.0. The van der Waals surface area contributed by atoms with E-state index in [9.17, 15) is 9.59 Å². The van der Waals surface area contributed by atoms with Crippen LogP contribution in [-0.2, 0) is 9.57 Å². The molecule has 126 valence electrons. The number of carbonyl (C=O) groups excluding carboxylic acids is 2. The number of hydrogen-bond donors (Lipinski definition) is 1. The van der Waals surface area contributed by atoms with Crippen molar-refractivity contribution in [3.8, 4) is 0 Å². The minimum Gasteiger partial charge on any atom is -0.444 e. The average molecular weight is 320 g/mol. The van der Waals surface area contributed by atoms with Crippen LogP contribution in [0.3, 0.4) is 0 Å². The SMILES string of the molecule is CC1CN(OC(=O)c2ccccc2)CC1NC(=O)OC(C)(C)C. The standard InChI is InChI=1S/C17H24N2O4/c1-12-10-19(23-15(20)13-8-6-5-7-9-13)11-14(12)18-16(21)22-17(2,3)4/h5-9,12,14H,10-11H2,1-4H3,(H,18,21). The van der Waals surface area contributed by atoms with Crippen LogP contribution in [0, 0.1) is 5.92 Å². The molecule has 1 fully saturated rings. The Morgan fingerprint density at radius 3 is 2.43 bits per heavy atom. The molecule has 1 heterocycles. The van der Waals surface area contributed by atoms with Gasteiger partial charge in [0.15, 0.2) is 0 Å². The van der Waals surface area contributed by atoms with Gasteiger partial charge in [0.1, 0.15) is 5.60 Å². The normalized spacial score (nSPS) is 21.7. The average Bonchev–Trinajstić information content (AvgIpc) is 2.77. The van der Waals surface area contributed by atoms with E-state index in [0.717, 1.165) is 0 Å². The molecule has 1 aliphatic heterocycles. The van der Waals surface area contributed by atoms with E-state index in [2.05, 4.69) is 5.32 Å². The van der Waals surface area contributed by atoms with Crippen LogP contribution in [0.2, 0.25) is 0 Å². The molecule has 1 N–H and O–H groups in total. The molecule has 2 atom stereocenters. The van der Waals surface area contributed by atoms with E-state index >= 15 is 0 Å². The van der Waals surface area contributed by atoms with E-state index < -0.39 is 17.7 Å². The summed E-state index contributed by atoms with van der Waals surface area (Å²) in [5.41, 5.74) is -0.0329. The van der Waals surface area contributed by atoms with E-state index in [-0.39, 0.29) is 12.0 Å². The highest BCUT2D eigenvalue weighted by Crippen LogP contribution is 2.18. The zero-order valence-corrected chi connectivity index (χ0v) is 14.0. The number of benzene rings is 1. The zero-order chi connectivity index (χ0) is 17.0. The van der Waals surface area contributed by atoms with Crippen molar-refractivity contribution >= 4 is 12.1 Å². The predicted molar refractivity (Wildman–Crippen MR) is 85.8 cm³/mol. The van der Waals surface area contributed by atoms with Crippen LogP contribution in [0.15, 0.2) is 30.3 Å². The Morgan fingerprint density at radius 1 is 1.17 bits per heavy atom. The summed E-state index contributed by atoms with van der Waals surface area (Å²) in [6.45, 7) is 8.46. The van der Waals surface area contributed by atoms with Crippen molar-refractivity contribution in [1.82, 2.24) is 10.4 Å². The fourth-order valence-corrected chi connectivity index (χ4v) is 2.39. The highest BCUT2D eigenvalue weighted by atomic mass is 16.7. The van der Waals surface area contributed by atoms with E-state index in [1.807, 2.05) is 33.8 Å². The molecule has 2 unspecified atom stereocenters. The summed E-state index contributed by atoms with van der Waals surface area (Å²) in [5, 5.41) is 4.42. The quantitative estimate of drug-likeness (QED) is 0.927. The molecule has 1 amide bonds. The second-order valence-electron chi connectivity index (χ2n) is 6.82. The summed E-state index contributed by atoms with van der Waals surface area (Å²) < 4.78 is 5.26. The lowest BCUT2D eigenvalue weighted by Crippen LogP contribution is -2.42. The molecule has 23 heavy (non-hydrogen) atoms. The smallest absolute Gasteiger partial charge is 0.407 e. The Labute approximate surface area is 136 Å². The van der Waals surface area contributed by atoms with E-state index in [0.29, 0.717) is 18.7 Å². The van der Waals surface area contributed by atoms with E-state index in [4.69, 9.17) is 9.57 Å². The van der Waals surface area contributed by atoms with Crippen LogP contribution in [0.1, 0.15) is 38.1 Å². The molecule has 1 aliphatic rings. The van der Waals surface area contributed by atoms with Gasteiger partial charge in [-0.2, -0.15) is 0 Å². The summed E-state index contributed by atoms with van der Waals surface area (Å²) in [6, 6.07) is 8.71. The van der Waals surface area contributed by atoms with Gasteiger partial charge in [-0.3, -0.25) is 0 Å². The predicted octanol–water partition coefficient (Wildman–Crippen LogP) is 2.60. The van der Waals surface area contributed by atoms with Gasteiger partial charge in [-0.25, -0.2) is 9.59 Å². The van der Waals surface area contributed by atoms with Crippen LogP contribution < -0.4 is 5.32 Å². The molecule has 0 aliphatic carbocycles. The van der Waals surface area contributed by atoms with Gasteiger partial charge >= 0.3 is 12.1 Å². The van der Waals surface area contributed by atoms with Gasteiger partial charge in [-0.05, 0) is 38.8 Å². The Morgan fingerprint density at radius 2 is 1.83 bits per heavy atom. The van der Waals surface area contributed by atoms with Crippen LogP contribution in [0.4, 0.5) is 4.79 Å². The Kier molecular flexibility index (Phi) is 5.26. The minimum absolute atomic E-state index is 0.117. The largest absolute Gasteiger partial charge is 0.444 e. The number of ether oxygens (including phenoxy) is 1. The Bertz CT molecular complexity index is 553. The van der Waals surface area contributed by atoms with Crippen LogP contribution in [-0.4, -0.2) is 41.9 Å². The molecule has 6 nitrogen and oxygen atoms in total. The highest BCUT2D eigenvalue weighted by molar-refractivity contribution is 5.89. The van der Waals surface area contributed by atoms with Crippen molar-refractivity contribution < 1.29 is 19.2 Å². The summed E-state index contributed by atoms with van der Waals surface area (Å²) in [5.74, 6) is -0.234. The molecule has 6 heteroatoms.